The van der Waals surface area contributed by atoms with Crippen molar-refractivity contribution in [2.45, 2.75) is 38.3 Å². The van der Waals surface area contributed by atoms with Crippen LogP contribution in [0, 0.1) is 6.92 Å². The summed E-state index contributed by atoms with van der Waals surface area (Å²) in [5.41, 5.74) is 3.21. The third kappa shape index (κ3) is 5.00. The second-order valence-electron chi connectivity index (χ2n) is 9.88. The highest BCUT2D eigenvalue weighted by atomic mass is 16.5. The first kappa shape index (κ1) is 24.8. The van der Waals surface area contributed by atoms with Crippen molar-refractivity contribution in [1.82, 2.24) is 34.4 Å². The van der Waals surface area contributed by atoms with E-state index in [9.17, 15) is 0 Å². The van der Waals surface area contributed by atoms with Crippen LogP contribution in [0.5, 0.6) is 23.1 Å². The monoisotopic (exact) mass is 526 g/mol. The molecule has 2 aromatic carbocycles. The van der Waals surface area contributed by atoms with E-state index in [4.69, 9.17) is 14.2 Å². The SMILES string of the molecule is COc1ccc2ncnc(Nc3ccc(Oc4cc5ncnn5cn4)c(C)c3)c2c1OC1CCC(N(C)C)C1. The topological polar surface area (TPSA) is 112 Å². The van der Waals surface area contributed by atoms with Gasteiger partial charge in [0, 0.05) is 17.8 Å². The summed E-state index contributed by atoms with van der Waals surface area (Å²) in [5.74, 6) is 3.09. The van der Waals surface area contributed by atoms with Gasteiger partial charge in [-0.05, 0) is 76.2 Å². The summed E-state index contributed by atoms with van der Waals surface area (Å²) >= 11 is 0. The quantitative estimate of drug-likeness (QED) is 0.303. The number of benzene rings is 2. The fraction of sp³-hybridized carbons (Fsp3) is 0.321. The molecule has 11 nitrogen and oxygen atoms in total. The number of methoxy groups -OCH3 is 1. The molecule has 5 aromatic rings. The van der Waals surface area contributed by atoms with E-state index in [-0.39, 0.29) is 6.10 Å². The minimum absolute atomic E-state index is 0.0919. The highest BCUT2D eigenvalue weighted by molar-refractivity contribution is 5.97. The van der Waals surface area contributed by atoms with Crippen LogP contribution in [0.4, 0.5) is 11.5 Å². The molecule has 0 aliphatic heterocycles. The first-order valence-corrected chi connectivity index (χ1v) is 12.8. The van der Waals surface area contributed by atoms with E-state index in [1.807, 2.05) is 37.3 Å². The molecule has 1 fully saturated rings. The minimum atomic E-state index is 0.0919. The van der Waals surface area contributed by atoms with Gasteiger partial charge in [0.1, 0.15) is 36.7 Å². The lowest BCUT2D eigenvalue weighted by molar-refractivity contribution is 0.189. The summed E-state index contributed by atoms with van der Waals surface area (Å²) in [6, 6.07) is 11.9. The number of hydrogen-bond donors (Lipinski definition) is 1. The first-order chi connectivity index (χ1) is 19.0. The molecule has 0 amide bonds. The average molecular weight is 527 g/mol. The van der Waals surface area contributed by atoms with Gasteiger partial charge in [-0.2, -0.15) is 5.10 Å². The number of anilines is 2. The smallest absolute Gasteiger partial charge is 0.224 e. The molecule has 6 rings (SSSR count). The molecule has 0 saturated heterocycles. The van der Waals surface area contributed by atoms with Crippen molar-refractivity contribution in [3.8, 4) is 23.1 Å². The number of nitrogens with zero attached hydrogens (tertiary/aromatic N) is 7. The van der Waals surface area contributed by atoms with Crippen molar-refractivity contribution in [1.29, 1.82) is 0 Å². The van der Waals surface area contributed by atoms with E-state index in [1.165, 1.54) is 6.33 Å². The summed E-state index contributed by atoms with van der Waals surface area (Å²) < 4.78 is 19.9. The van der Waals surface area contributed by atoms with Crippen LogP contribution in [-0.4, -0.2) is 67.8 Å². The highest BCUT2D eigenvalue weighted by Crippen LogP contribution is 2.41. The first-order valence-electron chi connectivity index (χ1n) is 12.8. The Kier molecular flexibility index (Phi) is 6.57. The lowest BCUT2D eigenvalue weighted by Crippen LogP contribution is -2.26. The van der Waals surface area contributed by atoms with Crippen LogP contribution in [0.25, 0.3) is 16.6 Å². The zero-order valence-corrected chi connectivity index (χ0v) is 22.3. The molecule has 1 aliphatic rings. The Balaban J connectivity index is 1.28. The standard InChI is InChI=1S/C28H30N8O3/c1-17-11-18(5-9-22(17)39-25-13-24-30-15-33-36(24)16-32-25)34-28-26-21(29-14-31-28)8-10-23(37-4)27(26)38-20-7-6-19(12-20)35(2)3/h5,8-11,13-16,19-20H,6-7,12H2,1-4H3,(H,29,31,34). The Morgan fingerprint density at radius 1 is 0.974 bits per heavy atom. The van der Waals surface area contributed by atoms with E-state index < -0.39 is 0 Å². The second kappa shape index (κ2) is 10.3. The zero-order chi connectivity index (χ0) is 26.9. The summed E-state index contributed by atoms with van der Waals surface area (Å²) in [4.78, 5) is 19.8. The molecule has 39 heavy (non-hydrogen) atoms. The Labute approximate surface area is 225 Å². The maximum Gasteiger partial charge on any atom is 0.224 e. The molecule has 0 bridgehead atoms. The van der Waals surface area contributed by atoms with Crippen LogP contribution >= 0.6 is 0 Å². The molecular formula is C28H30N8O3. The molecule has 200 valence electrons. The van der Waals surface area contributed by atoms with Crippen molar-refractivity contribution in [3.05, 3.63) is 60.9 Å². The van der Waals surface area contributed by atoms with Gasteiger partial charge in [0.25, 0.3) is 0 Å². The summed E-state index contributed by atoms with van der Waals surface area (Å²) in [7, 11) is 5.89. The van der Waals surface area contributed by atoms with Gasteiger partial charge in [0.2, 0.25) is 5.88 Å². The van der Waals surface area contributed by atoms with E-state index in [2.05, 4.69) is 49.3 Å². The summed E-state index contributed by atoms with van der Waals surface area (Å²) in [6.45, 7) is 1.98. The molecule has 3 aromatic heterocycles. The van der Waals surface area contributed by atoms with Gasteiger partial charge in [-0.15, -0.1) is 0 Å². The van der Waals surface area contributed by atoms with Crippen LogP contribution in [0.2, 0.25) is 0 Å². The van der Waals surface area contributed by atoms with Crippen LogP contribution < -0.4 is 19.5 Å². The van der Waals surface area contributed by atoms with E-state index in [0.29, 0.717) is 40.6 Å². The van der Waals surface area contributed by atoms with E-state index in [0.717, 1.165) is 41.4 Å². The maximum absolute atomic E-state index is 6.59. The van der Waals surface area contributed by atoms with Gasteiger partial charge in [0.05, 0.1) is 18.0 Å². The minimum Gasteiger partial charge on any atom is -0.493 e. The molecule has 0 spiro atoms. The lowest BCUT2D eigenvalue weighted by Gasteiger charge is -2.21. The van der Waals surface area contributed by atoms with Crippen molar-refractivity contribution in [2.24, 2.45) is 0 Å². The summed E-state index contributed by atoms with van der Waals surface area (Å²) in [5, 5.41) is 8.30. The number of ether oxygens (including phenoxy) is 3. The Morgan fingerprint density at radius 3 is 2.64 bits per heavy atom. The number of rotatable bonds is 8. The maximum atomic E-state index is 6.59. The van der Waals surface area contributed by atoms with Gasteiger partial charge in [-0.25, -0.2) is 24.5 Å². The van der Waals surface area contributed by atoms with Crippen LogP contribution in [0.15, 0.2) is 55.4 Å². The Hall–Kier alpha value is -4.51. The fourth-order valence-corrected chi connectivity index (χ4v) is 4.99. The number of nitrogens with one attached hydrogen (secondary N) is 1. The number of aryl methyl sites for hydroxylation is 1. The van der Waals surface area contributed by atoms with Gasteiger partial charge in [-0.1, -0.05) is 0 Å². The molecule has 1 N–H and O–H groups in total. The normalized spacial score (nSPS) is 17.2. The van der Waals surface area contributed by atoms with Gasteiger partial charge >= 0.3 is 0 Å². The predicted molar refractivity (Wildman–Crippen MR) is 147 cm³/mol. The van der Waals surface area contributed by atoms with Crippen molar-refractivity contribution >= 4 is 28.1 Å². The van der Waals surface area contributed by atoms with Gasteiger partial charge < -0.3 is 24.4 Å². The van der Waals surface area contributed by atoms with Gasteiger partial charge in [-0.3, -0.25) is 0 Å². The number of fused-ring (bicyclic) bond motifs is 2. The van der Waals surface area contributed by atoms with Gasteiger partial charge in [0.15, 0.2) is 17.1 Å². The fourth-order valence-electron chi connectivity index (χ4n) is 4.99. The number of hydrogen-bond acceptors (Lipinski definition) is 10. The Bertz CT molecular complexity index is 1640. The molecule has 1 aliphatic carbocycles. The second-order valence-corrected chi connectivity index (χ2v) is 9.88. The molecule has 2 atom stereocenters. The number of aromatic nitrogens is 6. The average Bonchev–Trinajstić information content (AvgIpc) is 3.60. The largest absolute Gasteiger partial charge is 0.493 e. The third-order valence-corrected chi connectivity index (χ3v) is 7.11. The van der Waals surface area contributed by atoms with Crippen molar-refractivity contribution < 1.29 is 14.2 Å². The van der Waals surface area contributed by atoms with Crippen molar-refractivity contribution in [2.75, 3.05) is 26.5 Å². The highest BCUT2D eigenvalue weighted by Gasteiger charge is 2.29. The van der Waals surface area contributed by atoms with Crippen molar-refractivity contribution in [3.63, 3.8) is 0 Å². The zero-order valence-electron chi connectivity index (χ0n) is 22.3. The molecule has 3 heterocycles. The molecule has 0 radical (unpaired) electrons. The molecule has 1 saturated carbocycles. The van der Waals surface area contributed by atoms with Crippen LogP contribution in [0.1, 0.15) is 24.8 Å². The predicted octanol–water partition coefficient (Wildman–Crippen LogP) is 4.78. The summed E-state index contributed by atoms with van der Waals surface area (Å²) in [6.07, 6.45) is 7.74. The van der Waals surface area contributed by atoms with E-state index in [1.54, 1.807) is 30.3 Å². The van der Waals surface area contributed by atoms with Crippen LogP contribution in [0.3, 0.4) is 0 Å². The molecule has 2 unspecified atom stereocenters. The molecule has 11 heteroatoms. The Morgan fingerprint density at radius 2 is 1.85 bits per heavy atom. The molecular weight excluding hydrogens is 496 g/mol. The van der Waals surface area contributed by atoms with Crippen LogP contribution in [-0.2, 0) is 0 Å². The lowest BCUT2D eigenvalue weighted by atomic mass is 10.1. The third-order valence-electron chi connectivity index (χ3n) is 7.11. The van der Waals surface area contributed by atoms with E-state index >= 15 is 0 Å².